The summed E-state index contributed by atoms with van der Waals surface area (Å²) < 4.78 is 35.4. The maximum atomic E-state index is 10.3. The van der Waals surface area contributed by atoms with Crippen molar-refractivity contribution in [3.05, 3.63) is 102 Å². The number of hydrogen-bond donors (Lipinski definition) is 2. The minimum atomic E-state index is -0.717. The van der Waals surface area contributed by atoms with Gasteiger partial charge in [0, 0.05) is 37.9 Å². The average Bonchev–Trinajstić information content (AvgIpc) is 3.10. The van der Waals surface area contributed by atoms with Crippen LogP contribution in [0.15, 0.2) is 84.9 Å². The molecule has 4 aromatic carbocycles. The van der Waals surface area contributed by atoms with Gasteiger partial charge in [-0.1, -0.05) is 48.5 Å². The Bertz CT molecular complexity index is 1570. The lowest BCUT2D eigenvalue weighted by atomic mass is 9.85. The van der Waals surface area contributed by atoms with Gasteiger partial charge in [-0.2, -0.15) is 5.26 Å². The van der Waals surface area contributed by atoms with Gasteiger partial charge in [0.25, 0.3) is 0 Å². The van der Waals surface area contributed by atoms with Crippen molar-refractivity contribution in [2.45, 2.75) is 37.3 Å². The minimum Gasteiger partial charge on any atom is -0.496 e. The molecule has 0 bridgehead atoms. The van der Waals surface area contributed by atoms with Crippen molar-refractivity contribution in [1.29, 1.82) is 5.26 Å². The number of nitrogens with one attached hydrogen (secondary N) is 1. The van der Waals surface area contributed by atoms with Crippen molar-refractivity contribution < 1.29 is 33.5 Å². The monoisotopic (exact) mass is 626 g/mol. The van der Waals surface area contributed by atoms with Crippen LogP contribution in [0, 0.1) is 11.3 Å². The fourth-order valence-corrected chi connectivity index (χ4v) is 5.78. The zero-order valence-corrected chi connectivity index (χ0v) is 26.4. The molecule has 4 atom stereocenters. The van der Waals surface area contributed by atoms with Crippen molar-refractivity contribution in [1.82, 2.24) is 5.32 Å². The summed E-state index contributed by atoms with van der Waals surface area (Å²) >= 11 is 0. The highest BCUT2D eigenvalue weighted by molar-refractivity contribution is 5.89. The van der Waals surface area contributed by atoms with E-state index >= 15 is 0 Å². The predicted molar refractivity (Wildman–Crippen MR) is 176 cm³/mol. The Balaban J connectivity index is 1.24. The Morgan fingerprint density at radius 3 is 2.37 bits per heavy atom. The standard InChI is InChI=1S/C37H42N2O7/c1-41-24-30(40)25-46-36-22-39-21-35(45-23-26-18-28-8-3-5-10-32(28)34(19-26)42-2)37(36)27-12-14-31(15-13-27)43-16-7-17-44-33-11-6-4-9-29(33)20-38/h3-6,8-15,18-19,30,35-37,39-40H,7,16-17,21-25H2,1-2H3/t30-,35-,36+,37+/m0/s1. The van der Waals surface area contributed by atoms with E-state index in [0.717, 1.165) is 33.4 Å². The van der Waals surface area contributed by atoms with Gasteiger partial charge in [0.15, 0.2) is 0 Å². The van der Waals surface area contributed by atoms with E-state index in [2.05, 4.69) is 41.7 Å². The molecule has 1 aliphatic heterocycles. The second-order valence-corrected chi connectivity index (χ2v) is 11.3. The SMILES string of the molecule is COC[C@H](O)CO[C@@H]1CNC[C@H](OCc2cc(OC)c3ccccc3c2)[C@H]1c1ccc(OCCCOc2ccccc2C#N)cc1. The summed E-state index contributed by atoms with van der Waals surface area (Å²) in [6.45, 7) is 2.98. The molecule has 242 valence electrons. The van der Waals surface area contributed by atoms with Gasteiger partial charge in [-0.3, -0.25) is 0 Å². The average molecular weight is 627 g/mol. The Labute approximate surface area is 270 Å². The molecule has 1 aliphatic rings. The van der Waals surface area contributed by atoms with Gasteiger partial charge in [-0.25, -0.2) is 0 Å². The first-order valence-corrected chi connectivity index (χ1v) is 15.6. The smallest absolute Gasteiger partial charge is 0.137 e. The summed E-state index contributed by atoms with van der Waals surface area (Å²) in [5.74, 6) is 2.07. The summed E-state index contributed by atoms with van der Waals surface area (Å²) in [5, 5.41) is 25.1. The third kappa shape index (κ3) is 8.75. The van der Waals surface area contributed by atoms with E-state index in [9.17, 15) is 10.4 Å². The van der Waals surface area contributed by atoms with Crippen molar-refractivity contribution in [3.8, 4) is 23.3 Å². The summed E-state index contributed by atoms with van der Waals surface area (Å²) in [6, 6.07) is 29.7. The molecule has 1 saturated heterocycles. The highest BCUT2D eigenvalue weighted by Crippen LogP contribution is 2.33. The van der Waals surface area contributed by atoms with Gasteiger partial charge in [0.1, 0.15) is 29.4 Å². The number of benzene rings is 4. The van der Waals surface area contributed by atoms with E-state index in [0.29, 0.717) is 50.6 Å². The van der Waals surface area contributed by atoms with Crippen molar-refractivity contribution >= 4 is 10.8 Å². The molecule has 1 fully saturated rings. The normalized spacial score (nSPS) is 18.5. The molecule has 1 heterocycles. The lowest BCUT2D eigenvalue weighted by molar-refractivity contribution is -0.0856. The molecule has 0 spiro atoms. The molecular weight excluding hydrogens is 584 g/mol. The number of methoxy groups -OCH3 is 2. The second-order valence-electron chi connectivity index (χ2n) is 11.3. The third-order valence-corrected chi connectivity index (χ3v) is 8.01. The number of hydrogen-bond acceptors (Lipinski definition) is 9. The van der Waals surface area contributed by atoms with E-state index in [1.54, 1.807) is 26.4 Å². The molecule has 0 amide bonds. The summed E-state index contributed by atoms with van der Waals surface area (Å²) in [7, 11) is 3.25. The van der Waals surface area contributed by atoms with Crippen LogP contribution >= 0.6 is 0 Å². The fourth-order valence-electron chi connectivity index (χ4n) is 5.78. The van der Waals surface area contributed by atoms with E-state index in [-0.39, 0.29) is 31.3 Å². The molecule has 0 aliphatic carbocycles. The van der Waals surface area contributed by atoms with Crippen LogP contribution in [0.2, 0.25) is 0 Å². The number of aliphatic hydroxyl groups excluding tert-OH is 1. The molecule has 0 saturated carbocycles. The highest BCUT2D eigenvalue weighted by Gasteiger charge is 2.36. The molecule has 46 heavy (non-hydrogen) atoms. The summed E-state index contributed by atoms with van der Waals surface area (Å²) in [5.41, 5.74) is 2.61. The van der Waals surface area contributed by atoms with Crippen LogP contribution in [0.25, 0.3) is 10.8 Å². The van der Waals surface area contributed by atoms with Crippen LogP contribution in [0.1, 0.15) is 29.0 Å². The lowest BCUT2D eigenvalue weighted by Crippen LogP contribution is -2.51. The Kier molecular flexibility index (Phi) is 12.2. The molecular formula is C37H42N2O7. The maximum Gasteiger partial charge on any atom is 0.137 e. The van der Waals surface area contributed by atoms with Gasteiger partial charge >= 0.3 is 0 Å². The number of nitrogens with zero attached hydrogens (tertiary/aromatic N) is 1. The van der Waals surface area contributed by atoms with Crippen LogP contribution in [-0.4, -0.2) is 77.2 Å². The van der Waals surface area contributed by atoms with Gasteiger partial charge < -0.3 is 38.8 Å². The first-order chi connectivity index (χ1) is 22.6. The zero-order chi connectivity index (χ0) is 32.1. The third-order valence-electron chi connectivity index (χ3n) is 8.01. The molecule has 0 aromatic heterocycles. The van der Waals surface area contributed by atoms with E-state index in [1.807, 2.05) is 42.5 Å². The predicted octanol–water partition coefficient (Wildman–Crippen LogP) is 5.23. The van der Waals surface area contributed by atoms with Crippen LogP contribution in [-0.2, 0) is 20.8 Å². The van der Waals surface area contributed by atoms with Gasteiger partial charge in [0.05, 0.1) is 57.9 Å². The Morgan fingerprint density at radius 1 is 0.848 bits per heavy atom. The molecule has 2 N–H and O–H groups in total. The maximum absolute atomic E-state index is 10.3. The molecule has 0 radical (unpaired) electrons. The van der Waals surface area contributed by atoms with E-state index < -0.39 is 6.10 Å². The highest BCUT2D eigenvalue weighted by atomic mass is 16.5. The molecule has 9 nitrogen and oxygen atoms in total. The van der Waals surface area contributed by atoms with Crippen LogP contribution < -0.4 is 19.5 Å². The van der Waals surface area contributed by atoms with E-state index in [1.165, 1.54) is 0 Å². The number of fused-ring (bicyclic) bond motifs is 1. The summed E-state index contributed by atoms with van der Waals surface area (Å²) in [6.07, 6.45) is -0.455. The molecule has 5 rings (SSSR count). The number of para-hydroxylation sites is 1. The van der Waals surface area contributed by atoms with Crippen LogP contribution in [0.3, 0.4) is 0 Å². The van der Waals surface area contributed by atoms with Gasteiger partial charge in [-0.05, 0) is 52.9 Å². The number of rotatable bonds is 16. The van der Waals surface area contributed by atoms with Crippen molar-refractivity contribution in [2.75, 3.05) is 53.7 Å². The molecule has 4 aromatic rings. The van der Waals surface area contributed by atoms with Gasteiger partial charge in [-0.15, -0.1) is 0 Å². The molecule has 0 unspecified atom stereocenters. The lowest BCUT2D eigenvalue weighted by Gasteiger charge is -2.39. The van der Waals surface area contributed by atoms with E-state index in [4.69, 9.17) is 28.4 Å². The summed E-state index contributed by atoms with van der Waals surface area (Å²) in [4.78, 5) is 0. The van der Waals surface area contributed by atoms with Crippen LogP contribution in [0.5, 0.6) is 17.2 Å². The topological polar surface area (TPSA) is 111 Å². The van der Waals surface area contributed by atoms with Crippen molar-refractivity contribution in [2.24, 2.45) is 0 Å². The van der Waals surface area contributed by atoms with Gasteiger partial charge in [0.2, 0.25) is 0 Å². The second kappa shape index (κ2) is 16.9. The number of aliphatic hydroxyl groups is 1. The first kappa shape index (κ1) is 33.2. The Hall–Kier alpha value is -4.17. The first-order valence-electron chi connectivity index (χ1n) is 15.6. The zero-order valence-electron chi connectivity index (χ0n) is 26.4. The number of piperidine rings is 1. The van der Waals surface area contributed by atoms with Crippen LogP contribution in [0.4, 0.5) is 0 Å². The number of ether oxygens (including phenoxy) is 6. The molecule has 9 heteroatoms. The quantitative estimate of drug-likeness (QED) is 0.162. The Morgan fingerprint density at radius 2 is 1.59 bits per heavy atom. The largest absolute Gasteiger partial charge is 0.496 e. The van der Waals surface area contributed by atoms with Crippen molar-refractivity contribution in [3.63, 3.8) is 0 Å². The minimum absolute atomic E-state index is 0.0824. The fraction of sp³-hybridized carbons (Fsp3) is 0.378. The number of nitriles is 1.